The van der Waals surface area contributed by atoms with Gasteiger partial charge < -0.3 is 5.32 Å². The lowest BCUT2D eigenvalue weighted by atomic mass is 10.1. The van der Waals surface area contributed by atoms with E-state index in [4.69, 9.17) is 5.14 Å². The first-order chi connectivity index (χ1) is 8.59. The fraction of sp³-hybridized carbons (Fsp3) is 0.455. The Bertz CT molecular complexity index is 529. The highest BCUT2D eigenvalue weighted by Crippen LogP contribution is 2.20. The Morgan fingerprint density at radius 3 is 2.53 bits per heavy atom. The summed E-state index contributed by atoms with van der Waals surface area (Å²) in [6.45, 7) is 1.42. The van der Waals surface area contributed by atoms with Gasteiger partial charge in [-0.1, -0.05) is 12.1 Å². The van der Waals surface area contributed by atoms with Gasteiger partial charge in [0.2, 0.25) is 10.0 Å². The molecule has 0 aliphatic rings. The van der Waals surface area contributed by atoms with Crippen molar-refractivity contribution in [2.45, 2.75) is 30.5 Å². The number of nitrogens with two attached hydrogens (primary N) is 1. The second-order valence-corrected chi connectivity index (χ2v) is 5.72. The van der Waals surface area contributed by atoms with Gasteiger partial charge in [0.05, 0.1) is 11.3 Å². The van der Waals surface area contributed by atoms with E-state index in [0.717, 1.165) is 0 Å². The molecule has 1 aromatic rings. The summed E-state index contributed by atoms with van der Waals surface area (Å²) in [7, 11) is -3.81. The molecule has 0 spiro atoms. The predicted octanol–water partition coefficient (Wildman–Crippen LogP) is 1.94. The van der Waals surface area contributed by atoms with Crippen LogP contribution in [0.2, 0.25) is 0 Å². The molecule has 4 nitrogen and oxygen atoms in total. The smallest absolute Gasteiger partial charge is 0.310 e. The molecule has 8 heteroatoms. The van der Waals surface area contributed by atoms with Gasteiger partial charge >= 0.3 is 6.18 Å². The summed E-state index contributed by atoms with van der Waals surface area (Å²) in [4.78, 5) is -0.0607. The molecule has 3 N–H and O–H groups in total. The Labute approximate surface area is 109 Å². The Kier molecular flexibility index (Phi) is 4.94. The molecule has 1 unspecified atom stereocenters. The zero-order valence-corrected chi connectivity index (χ0v) is 11.1. The van der Waals surface area contributed by atoms with Crippen molar-refractivity contribution in [2.24, 2.45) is 5.14 Å². The summed E-state index contributed by atoms with van der Waals surface area (Å²) >= 11 is 0. The molecule has 19 heavy (non-hydrogen) atoms. The number of rotatable bonds is 5. The molecular formula is C11H15F3N2O2S. The van der Waals surface area contributed by atoms with Gasteiger partial charge in [-0.05, 0) is 24.6 Å². The number of halogens is 3. The van der Waals surface area contributed by atoms with Crippen molar-refractivity contribution in [3.63, 3.8) is 0 Å². The Balaban J connectivity index is 2.70. The zero-order valence-electron chi connectivity index (χ0n) is 10.2. The van der Waals surface area contributed by atoms with Crippen molar-refractivity contribution in [3.8, 4) is 0 Å². The van der Waals surface area contributed by atoms with Gasteiger partial charge in [-0.3, -0.25) is 0 Å². The van der Waals surface area contributed by atoms with Crippen LogP contribution >= 0.6 is 0 Å². The van der Waals surface area contributed by atoms with Crippen LogP contribution in [0.1, 0.15) is 24.9 Å². The minimum absolute atomic E-state index is 0.0607. The molecule has 0 saturated carbocycles. The Morgan fingerprint density at radius 1 is 1.37 bits per heavy atom. The summed E-state index contributed by atoms with van der Waals surface area (Å²) < 4.78 is 58.3. The molecule has 108 valence electrons. The van der Waals surface area contributed by atoms with Crippen LogP contribution < -0.4 is 10.5 Å². The van der Waals surface area contributed by atoms with E-state index in [2.05, 4.69) is 5.32 Å². The number of hydrogen-bond donors (Lipinski definition) is 2. The van der Waals surface area contributed by atoms with Crippen LogP contribution in [0.25, 0.3) is 0 Å². The first-order valence-corrected chi connectivity index (χ1v) is 7.07. The van der Waals surface area contributed by atoms with Crippen LogP contribution in [-0.4, -0.2) is 21.1 Å². The fourth-order valence-electron chi connectivity index (χ4n) is 1.51. The highest BCUT2D eigenvalue weighted by molar-refractivity contribution is 7.89. The average Bonchev–Trinajstić information content (AvgIpc) is 2.26. The van der Waals surface area contributed by atoms with E-state index in [1.54, 1.807) is 13.0 Å². The van der Waals surface area contributed by atoms with Gasteiger partial charge in [-0.15, -0.1) is 0 Å². The topological polar surface area (TPSA) is 72.2 Å². The molecule has 1 aromatic carbocycles. The van der Waals surface area contributed by atoms with E-state index in [0.29, 0.717) is 5.56 Å². The molecule has 0 aliphatic heterocycles. The maximum Gasteiger partial charge on any atom is 0.390 e. The van der Waals surface area contributed by atoms with Crippen molar-refractivity contribution in [2.75, 3.05) is 6.54 Å². The van der Waals surface area contributed by atoms with Crippen LogP contribution in [0.5, 0.6) is 0 Å². The van der Waals surface area contributed by atoms with Crippen LogP contribution in [0.4, 0.5) is 13.2 Å². The maximum atomic E-state index is 12.0. The van der Waals surface area contributed by atoms with E-state index in [1.165, 1.54) is 18.2 Å². The third kappa shape index (κ3) is 5.58. The fourth-order valence-corrected chi connectivity index (χ4v) is 2.08. The van der Waals surface area contributed by atoms with Crippen molar-refractivity contribution in [1.82, 2.24) is 5.32 Å². The molecule has 1 atom stereocenters. The average molecular weight is 296 g/mol. The number of alkyl halides is 3. The van der Waals surface area contributed by atoms with E-state index < -0.39 is 28.7 Å². The first kappa shape index (κ1) is 15.9. The van der Waals surface area contributed by atoms with E-state index in [-0.39, 0.29) is 11.4 Å². The summed E-state index contributed by atoms with van der Waals surface area (Å²) in [6, 6.07) is 5.41. The summed E-state index contributed by atoms with van der Waals surface area (Å²) in [5.41, 5.74) is 0.564. The van der Waals surface area contributed by atoms with Crippen LogP contribution in [0.3, 0.4) is 0 Å². The van der Waals surface area contributed by atoms with Crippen molar-refractivity contribution >= 4 is 10.0 Å². The van der Waals surface area contributed by atoms with Gasteiger partial charge in [-0.2, -0.15) is 13.2 Å². The van der Waals surface area contributed by atoms with Crippen LogP contribution in [-0.2, 0) is 10.0 Å². The maximum absolute atomic E-state index is 12.0. The summed E-state index contributed by atoms with van der Waals surface area (Å²) in [6.07, 6.45) is -5.15. The molecule has 0 amide bonds. The molecule has 0 saturated heterocycles. The Morgan fingerprint density at radius 2 is 2.00 bits per heavy atom. The third-order valence-electron chi connectivity index (χ3n) is 2.55. The second kappa shape index (κ2) is 5.89. The largest absolute Gasteiger partial charge is 0.390 e. The number of nitrogens with one attached hydrogen (secondary N) is 1. The number of benzene rings is 1. The number of sulfonamides is 1. The van der Waals surface area contributed by atoms with Gasteiger partial charge in [0, 0.05) is 12.6 Å². The van der Waals surface area contributed by atoms with Gasteiger partial charge in [-0.25, -0.2) is 13.6 Å². The quantitative estimate of drug-likeness (QED) is 0.872. The predicted molar refractivity (Wildman–Crippen MR) is 64.9 cm³/mol. The summed E-state index contributed by atoms with van der Waals surface area (Å²) in [5.74, 6) is 0. The molecule has 0 bridgehead atoms. The SMILES string of the molecule is CC(NCCC(F)(F)F)c1cccc(S(N)(=O)=O)c1. The lowest BCUT2D eigenvalue weighted by molar-refractivity contribution is -0.133. The third-order valence-corrected chi connectivity index (χ3v) is 3.46. The molecule has 0 aromatic heterocycles. The van der Waals surface area contributed by atoms with Gasteiger partial charge in [0.1, 0.15) is 0 Å². The normalized spacial score (nSPS) is 14.4. The lowest BCUT2D eigenvalue weighted by Gasteiger charge is -2.15. The molecule has 1 rings (SSSR count). The van der Waals surface area contributed by atoms with Gasteiger partial charge in [0.25, 0.3) is 0 Å². The van der Waals surface area contributed by atoms with Crippen molar-refractivity contribution in [3.05, 3.63) is 29.8 Å². The van der Waals surface area contributed by atoms with Crippen molar-refractivity contribution < 1.29 is 21.6 Å². The first-order valence-electron chi connectivity index (χ1n) is 5.52. The zero-order chi connectivity index (χ0) is 14.7. The molecule has 0 radical (unpaired) electrons. The van der Waals surface area contributed by atoms with Crippen molar-refractivity contribution in [1.29, 1.82) is 0 Å². The van der Waals surface area contributed by atoms with E-state index in [9.17, 15) is 21.6 Å². The Hall–Kier alpha value is -1.12. The lowest BCUT2D eigenvalue weighted by Crippen LogP contribution is -2.24. The molecular weight excluding hydrogens is 281 g/mol. The monoisotopic (exact) mass is 296 g/mol. The number of primary sulfonamides is 1. The van der Waals surface area contributed by atoms with E-state index in [1.807, 2.05) is 0 Å². The summed E-state index contributed by atoms with van der Waals surface area (Å²) in [5, 5.41) is 7.66. The standard InChI is InChI=1S/C11H15F3N2O2S/c1-8(16-6-5-11(12,13)14)9-3-2-4-10(7-9)19(15,17)18/h2-4,7-8,16H,5-6H2,1H3,(H2,15,17,18). The second-order valence-electron chi connectivity index (χ2n) is 4.16. The van der Waals surface area contributed by atoms with E-state index >= 15 is 0 Å². The highest BCUT2D eigenvalue weighted by atomic mass is 32.2. The minimum Gasteiger partial charge on any atom is -0.310 e. The highest BCUT2D eigenvalue weighted by Gasteiger charge is 2.26. The molecule has 0 heterocycles. The van der Waals surface area contributed by atoms with Crippen LogP contribution in [0.15, 0.2) is 29.2 Å². The van der Waals surface area contributed by atoms with Crippen LogP contribution in [0, 0.1) is 0 Å². The molecule has 0 fully saturated rings. The van der Waals surface area contributed by atoms with Gasteiger partial charge in [0.15, 0.2) is 0 Å². The number of hydrogen-bond acceptors (Lipinski definition) is 3. The molecule has 0 aliphatic carbocycles. The minimum atomic E-state index is -4.21.